The maximum absolute atomic E-state index is 6.04. The number of aromatic nitrogens is 2. The summed E-state index contributed by atoms with van der Waals surface area (Å²) in [6.07, 6.45) is 6.11. The van der Waals surface area contributed by atoms with Crippen molar-refractivity contribution in [3.05, 3.63) is 23.8 Å². The van der Waals surface area contributed by atoms with Crippen molar-refractivity contribution in [3.63, 3.8) is 0 Å². The summed E-state index contributed by atoms with van der Waals surface area (Å²) < 4.78 is 0. The third kappa shape index (κ3) is 2.29. The molecule has 1 atom stereocenters. The second-order valence-electron chi connectivity index (χ2n) is 4.06. The summed E-state index contributed by atoms with van der Waals surface area (Å²) in [6.45, 7) is 2.10. The van der Waals surface area contributed by atoms with Gasteiger partial charge in [-0.3, -0.25) is 0 Å². The van der Waals surface area contributed by atoms with Gasteiger partial charge in [0.05, 0.1) is 0 Å². The second-order valence-corrected chi connectivity index (χ2v) is 4.06. The van der Waals surface area contributed by atoms with Crippen molar-refractivity contribution in [3.8, 4) is 0 Å². The average molecular weight is 191 g/mol. The van der Waals surface area contributed by atoms with Gasteiger partial charge in [-0.1, -0.05) is 6.92 Å². The summed E-state index contributed by atoms with van der Waals surface area (Å²) in [6, 6.07) is 2.37. The molecule has 0 amide bonds. The van der Waals surface area contributed by atoms with Crippen LogP contribution in [0.5, 0.6) is 0 Å². The molecule has 1 saturated carbocycles. The monoisotopic (exact) mass is 191 g/mol. The standard InChI is InChI=1S/C11H17N3/c1-2-9-5-10(14-7-13-9)6-11(12)8-3-4-8/h5,7-8,11H,2-4,6,12H2,1H3. The highest BCUT2D eigenvalue weighted by molar-refractivity contribution is 5.10. The highest BCUT2D eigenvalue weighted by Crippen LogP contribution is 2.32. The van der Waals surface area contributed by atoms with Gasteiger partial charge in [0.2, 0.25) is 0 Å². The lowest BCUT2D eigenvalue weighted by molar-refractivity contribution is 0.583. The summed E-state index contributed by atoms with van der Waals surface area (Å²) in [4.78, 5) is 8.42. The molecule has 0 radical (unpaired) electrons. The van der Waals surface area contributed by atoms with E-state index in [1.54, 1.807) is 6.33 Å². The molecule has 1 aromatic heterocycles. The molecule has 3 nitrogen and oxygen atoms in total. The van der Waals surface area contributed by atoms with Gasteiger partial charge >= 0.3 is 0 Å². The summed E-state index contributed by atoms with van der Waals surface area (Å²) in [5, 5.41) is 0. The van der Waals surface area contributed by atoms with Crippen LogP contribution in [0.3, 0.4) is 0 Å². The third-order valence-corrected chi connectivity index (χ3v) is 2.81. The lowest BCUT2D eigenvalue weighted by Gasteiger charge is -2.09. The first-order chi connectivity index (χ1) is 6.79. The van der Waals surface area contributed by atoms with E-state index < -0.39 is 0 Å². The van der Waals surface area contributed by atoms with Gasteiger partial charge in [-0.25, -0.2) is 9.97 Å². The zero-order chi connectivity index (χ0) is 9.97. The van der Waals surface area contributed by atoms with E-state index in [2.05, 4.69) is 23.0 Å². The molecule has 3 heteroatoms. The van der Waals surface area contributed by atoms with Gasteiger partial charge in [0, 0.05) is 23.9 Å². The zero-order valence-electron chi connectivity index (χ0n) is 8.61. The predicted molar refractivity (Wildman–Crippen MR) is 55.8 cm³/mol. The van der Waals surface area contributed by atoms with E-state index in [0.717, 1.165) is 30.1 Å². The first-order valence-electron chi connectivity index (χ1n) is 5.35. The van der Waals surface area contributed by atoms with E-state index in [1.807, 2.05) is 0 Å². The molecule has 2 N–H and O–H groups in total. The lowest BCUT2D eigenvalue weighted by atomic mass is 10.1. The van der Waals surface area contributed by atoms with Crippen molar-refractivity contribution >= 4 is 0 Å². The highest BCUT2D eigenvalue weighted by atomic mass is 14.8. The molecule has 1 aromatic rings. The fourth-order valence-electron chi connectivity index (χ4n) is 1.68. The lowest BCUT2D eigenvalue weighted by Crippen LogP contribution is -2.25. The van der Waals surface area contributed by atoms with Crippen LogP contribution in [0.15, 0.2) is 12.4 Å². The first-order valence-corrected chi connectivity index (χ1v) is 5.35. The Morgan fingerprint density at radius 2 is 2.14 bits per heavy atom. The molecule has 0 saturated heterocycles. The number of nitrogens with zero attached hydrogens (tertiary/aromatic N) is 2. The molecule has 1 heterocycles. The number of aryl methyl sites for hydroxylation is 1. The Hall–Kier alpha value is -0.960. The Morgan fingerprint density at radius 1 is 1.43 bits per heavy atom. The summed E-state index contributed by atoms with van der Waals surface area (Å²) in [5.41, 5.74) is 8.25. The van der Waals surface area contributed by atoms with Gasteiger partial charge in [0.1, 0.15) is 6.33 Å². The van der Waals surface area contributed by atoms with Gasteiger partial charge in [-0.2, -0.15) is 0 Å². The van der Waals surface area contributed by atoms with E-state index >= 15 is 0 Å². The molecular weight excluding hydrogens is 174 g/mol. The summed E-state index contributed by atoms with van der Waals surface area (Å²) in [7, 11) is 0. The maximum atomic E-state index is 6.04. The fraction of sp³-hybridized carbons (Fsp3) is 0.636. The van der Waals surface area contributed by atoms with E-state index in [0.29, 0.717) is 6.04 Å². The van der Waals surface area contributed by atoms with Crippen molar-refractivity contribution in [2.24, 2.45) is 11.7 Å². The van der Waals surface area contributed by atoms with Crippen LogP contribution < -0.4 is 5.73 Å². The molecule has 0 spiro atoms. The topological polar surface area (TPSA) is 51.8 Å². The van der Waals surface area contributed by atoms with Crippen LogP contribution in [0.1, 0.15) is 31.2 Å². The van der Waals surface area contributed by atoms with Crippen molar-refractivity contribution in [2.45, 2.75) is 38.6 Å². The average Bonchev–Trinajstić information content (AvgIpc) is 3.01. The van der Waals surface area contributed by atoms with Crippen LogP contribution in [-0.4, -0.2) is 16.0 Å². The minimum absolute atomic E-state index is 0.301. The number of nitrogens with two attached hydrogens (primary N) is 1. The largest absolute Gasteiger partial charge is 0.327 e. The smallest absolute Gasteiger partial charge is 0.115 e. The van der Waals surface area contributed by atoms with Gasteiger partial charge < -0.3 is 5.73 Å². The normalized spacial score (nSPS) is 18.1. The van der Waals surface area contributed by atoms with E-state index in [-0.39, 0.29) is 0 Å². The van der Waals surface area contributed by atoms with Gasteiger partial charge in [0.25, 0.3) is 0 Å². The Labute approximate surface area is 84.8 Å². The highest BCUT2D eigenvalue weighted by Gasteiger charge is 2.28. The van der Waals surface area contributed by atoms with Crippen molar-refractivity contribution in [1.82, 2.24) is 9.97 Å². The zero-order valence-corrected chi connectivity index (χ0v) is 8.61. The molecule has 1 fully saturated rings. The summed E-state index contributed by atoms with van der Waals surface area (Å²) in [5.74, 6) is 0.745. The van der Waals surface area contributed by atoms with Gasteiger partial charge in [0.15, 0.2) is 0 Å². The Bertz CT molecular complexity index is 307. The molecule has 76 valence electrons. The van der Waals surface area contributed by atoms with Crippen molar-refractivity contribution < 1.29 is 0 Å². The second kappa shape index (κ2) is 4.05. The minimum Gasteiger partial charge on any atom is -0.327 e. The number of hydrogen-bond donors (Lipinski definition) is 1. The SMILES string of the molecule is CCc1cc(CC(N)C2CC2)ncn1. The molecule has 2 rings (SSSR count). The van der Waals surface area contributed by atoms with Crippen LogP contribution in [-0.2, 0) is 12.8 Å². The fourth-order valence-corrected chi connectivity index (χ4v) is 1.68. The first kappa shape index (κ1) is 9.59. The predicted octanol–water partition coefficient (Wildman–Crippen LogP) is 1.32. The van der Waals surface area contributed by atoms with E-state index in [9.17, 15) is 0 Å². The Kier molecular flexibility index (Phi) is 2.77. The molecule has 1 unspecified atom stereocenters. The molecule has 0 aromatic carbocycles. The minimum atomic E-state index is 0.301. The number of rotatable bonds is 4. The molecule has 1 aliphatic rings. The van der Waals surface area contributed by atoms with Crippen molar-refractivity contribution in [1.29, 1.82) is 0 Å². The van der Waals surface area contributed by atoms with Crippen LogP contribution in [0.2, 0.25) is 0 Å². The molecule has 1 aliphatic carbocycles. The Morgan fingerprint density at radius 3 is 2.79 bits per heavy atom. The van der Waals surface area contributed by atoms with Crippen molar-refractivity contribution in [2.75, 3.05) is 0 Å². The van der Waals surface area contributed by atoms with Gasteiger partial charge in [-0.15, -0.1) is 0 Å². The molecule has 14 heavy (non-hydrogen) atoms. The quantitative estimate of drug-likeness (QED) is 0.781. The maximum Gasteiger partial charge on any atom is 0.115 e. The third-order valence-electron chi connectivity index (χ3n) is 2.81. The summed E-state index contributed by atoms with van der Waals surface area (Å²) >= 11 is 0. The number of hydrogen-bond acceptors (Lipinski definition) is 3. The van der Waals surface area contributed by atoms with Crippen LogP contribution in [0, 0.1) is 5.92 Å². The van der Waals surface area contributed by atoms with E-state index in [1.165, 1.54) is 12.8 Å². The Balaban J connectivity index is 2.00. The van der Waals surface area contributed by atoms with Crippen LogP contribution >= 0.6 is 0 Å². The van der Waals surface area contributed by atoms with Crippen LogP contribution in [0.25, 0.3) is 0 Å². The van der Waals surface area contributed by atoms with Crippen LogP contribution in [0.4, 0.5) is 0 Å². The molecule has 0 bridgehead atoms. The van der Waals surface area contributed by atoms with Gasteiger partial charge in [-0.05, 0) is 31.2 Å². The van der Waals surface area contributed by atoms with E-state index in [4.69, 9.17) is 5.73 Å². The molecule has 0 aliphatic heterocycles. The molecular formula is C11H17N3.